The molecule has 1 saturated heterocycles. The van der Waals surface area contributed by atoms with Crippen LogP contribution in [0.25, 0.3) is 0 Å². The summed E-state index contributed by atoms with van der Waals surface area (Å²) in [6.07, 6.45) is -1.55. The van der Waals surface area contributed by atoms with Crippen molar-refractivity contribution < 1.29 is 23.5 Å². The van der Waals surface area contributed by atoms with Gasteiger partial charge in [-0.25, -0.2) is 9.18 Å². The number of hydrogen-bond donors (Lipinski definition) is 1. The van der Waals surface area contributed by atoms with Crippen molar-refractivity contribution in [2.24, 2.45) is 0 Å². The molecule has 3 aromatic carbocycles. The van der Waals surface area contributed by atoms with Gasteiger partial charge in [0, 0.05) is 24.3 Å². The summed E-state index contributed by atoms with van der Waals surface area (Å²) in [6, 6.07) is 18.4. The van der Waals surface area contributed by atoms with Crippen LogP contribution in [0.3, 0.4) is 0 Å². The van der Waals surface area contributed by atoms with Crippen molar-refractivity contribution in [3.63, 3.8) is 0 Å². The molecule has 1 aliphatic heterocycles. The Morgan fingerprint density at radius 3 is 2.56 bits per heavy atom. The van der Waals surface area contributed by atoms with E-state index in [4.69, 9.17) is 16.3 Å². The zero-order valence-electron chi connectivity index (χ0n) is 19.8. The molecule has 0 spiro atoms. The van der Waals surface area contributed by atoms with Crippen LogP contribution in [0.15, 0.2) is 72.8 Å². The summed E-state index contributed by atoms with van der Waals surface area (Å²) >= 11 is 6.11. The van der Waals surface area contributed by atoms with Gasteiger partial charge in [-0.3, -0.25) is 14.5 Å². The fraction of sp³-hybridized carbons (Fsp3) is 0.222. The summed E-state index contributed by atoms with van der Waals surface area (Å²) < 4.78 is 19.7. The molecule has 9 heteroatoms. The van der Waals surface area contributed by atoms with Gasteiger partial charge in [0.25, 0.3) is 5.91 Å². The number of halogens is 2. The van der Waals surface area contributed by atoms with E-state index < -0.39 is 30.0 Å². The van der Waals surface area contributed by atoms with Gasteiger partial charge in [0.1, 0.15) is 5.82 Å². The Hall–Kier alpha value is -3.91. The van der Waals surface area contributed by atoms with Crippen molar-refractivity contribution >= 4 is 35.2 Å². The zero-order chi connectivity index (χ0) is 25.8. The number of amides is 3. The van der Waals surface area contributed by atoms with E-state index in [1.807, 2.05) is 13.0 Å². The quantitative estimate of drug-likeness (QED) is 0.470. The number of carbonyl (C=O) groups excluding carboxylic acids is 3. The van der Waals surface area contributed by atoms with Crippen LogP contribution in [0.5, 0.6) is 0 Å². The van der Waals surface area contributed by atoms with Crippen molar-refractivity contribution in [3.8, 4) is 0 Å². The minimum atomic E-state index is -0.932. The third-order valence-corrected chi connectivity index (χ3v) is 6.26. The second kappa shape index (κ2) is 10.8. The van der Waals surface area contributed by atoms with Gasteiger partial charge in [-0.15, -0.1) is 0 Å². The Morgan fingerprint density at radius 1 is 1.08 bits per heavy atom. The first-order chi connectivity index (χ1) is 17.3. The van der Waals surface area contributed by atoms with Crippen molar-refractivity contribution in [3.05, 3.63) is 100 Å². The molecule has 1 aliphatic rings. The van der Waals surface area contributed by atoms with E-state index in [2.05, 4.69) is 5.32 Å². The average molecular weight is 510 g/mol. The lowest BCUT2D eigenvalue weighted by molar-refractivity contribution is -0.135. The van der Waals surface area contributed by atoms with Gasteiger partial charge in [-0.05, 0) is 54.4 Å². The highest BCUT2D eigenvalue weighted by Gasteiger charge is 2.47. The van der Waals surface area contributed by atoms with Gasteiger partial charge in [0.2, 0.25) is 5.91 Å². The largest absolute Gasteiger partial charge is 0.438 e. The number of carbonyl (C=O) groups is 3. The fourth-order valence-electron chi connectivity index (χ4n) is 4.04. The van der Waals surface area contributed by atoms with Crippen molar-refractivity contribution in [1.82, 2.24) is 9.80 Å². The third-order valence-electron chi connectivity index (χ3n) is 6.02. The van der Waals surface area contributed by atoms with Gasteiger partial charge in [0.15, 0.2) is 12.1 Å². The number of cyclic esters (lactones) is 1. The highest BCUT2D eigenvalue weighted by molar-refractivity contribution is 6.30. The molecule has 1 fully saturated rings. The molecule has 3 amide bonds. The number of rotatable bonds is 7. The first-order valence-electron chi connectivity index (χ1n) is 11.4. The molecule has 0 aliphatic carbocycles. The maximum absolute atomic E-state index is 14.0. The van der Waals surface area contributed by atoms with E-state index >= 15 is 0 Å². The highest BCUT2D eigenvalue weighted by Crippen LogP contribution is 2.36. The summed E-state index contributed by atoms with van der Waals surface area (Å²) in [4.78, 5) is 41.8. The van der Waals surface area contributed by atoms with Crippen molar-refractivity contribution in [2.45, 2.75) is 25.6 Å². The first kappa shape index (κ1) is 25.2. The van der Waals surface area contributed by atoms with Crippen LogP contribution >= 0.6 is 11.6 Å². The van der Waals surface area contributed by atoms with Crippen LogP contribution in [-0.2, 0) is 16.1 Å². The number of nitrogens with one attached hydrogen (secondary N) is 1. The second-order valence-electron chi connectivity index (χ2n) is 8.42. The second-order valence-corrected chi connectivity index (χ2v) is 8.86. The summed E-state index contributed by atoms with van der Waals surface area (Å²) in [7, 11) is 1.66. The van der Waals surface area contributed by atoms with E-state index in [1.54, 1.807) is 55.6 Å². The number of anilines is 1. The number of nitrogens with zero attached hydrogens (tertiary/aromatic N) is 2. The highest BCUT2D eigenvalue weighted by atomic mass is 35.5. The summed E-state index contributed by atoms with van der Waals surface area (Å²) in [6.45, 7) is 2.41. The van der Waals surface area contributed by atoms with Crippen LogP contribution in [0, 0.1) is 5.82 Å². The number of benzene rings is 3. The van der Waals surface area contributed by atoms with Gasteiger partial charge < -0.3 is 15.0 Å². The molecule has 0 bridgehead atoms. The Morgan fingerprint density at radius 2 is 1.83 bits per heavy atom. The standard InChI is InChI=1S/C27H25ClFN3O4/c1-3-31(2)26(34)23-24(36-27(35)32(23)16-17-8-6-10-19(28)14-17)18-9-7-11-20(15-18)30-25(33)21-12-4-5-13-22(21)29/h4-15,23-24H,3,16H2,1-2H3,(H,30,33). The van der Waals surface area contributed by atoms with E-state index in [0.29, 0.717) is 22.8 Å². The molecular weight excluding hydrogens is 485 g/mol. The molecule has 2 atom stereocenters. The monoisotopic (exact) mass is 509 g/mol. The van der Waals surface area contributed by atoms with Crippen LogP contribution in [0.1, 0.15) is 34.5 Å². The maximum atomic E-state index is 14.0. The molecule has 7 nitrogen and oxygen atoms in total. The molecule has 0 aromatic heterocycles. The van der Waals surface area contributed by atoms with Gasteiger partial charge in [-0.2, -0.15) is 0 Å². The van der Waals surface area contributed by atoms with Crippen LogP contribution in [0.4, 0.5) is 14.9 Å². The fourth-order valence-corrected chi connectivity index (χ4v) is 4.26. The Balaban J connectivity index is 1.63. The van der Waals surface area contributed by atoms with E-state index in [0.717, 1.165) is 5.56 Å². The first-order valence-corrected chi connectivity index (χ1v) is 11.8. The molecule has 1 heterocycles. The minimum absolute atomic E-state index is 0.0967. The molecule has 186 valence electrons. The third kappa shape index (κ3) is 5.33. The molecular formula is C27H25ClFN3O4. The average Bonchev–Trinajstić information content (AvgIpc) is 3.19. The molecule has 0 radical (unpaired) electrons. The smallest absolute Gasteiger partial charge is 0.411 e. The molecule has 36 heavy (non-hydrogen) atoms. The van der Waals surface area contributed by atoms with Crippen LogP contribution in [-0.4, -0.2) is 47.3 Å². The van der Waals surface area contributed by atoms with E-state index in [1.165, 1.54) is 28.0 Å². The summed E-state index contributed by atoms with van der Waals surface area (Å²) in [5.41, 5.74) is 1.55. The van der Waals surface area contributed by atoms with E-state index in [-0.39, 0.29) is 18.0 Å². The molecule has 3 aromatic rings. The predicted octanol–water partition coefficient (Wildman–Crippen LogP) is 5.27. The van der Waals surface area contributed by atoms with Crippen LogP contribution < -0.4 is 5.32 Å². The minimum Gasteiger partial charge on any atom is -0.438 e. The van der Waals surface area contributed by atoms with E-state index in [9.17, 15) is 18.8 Å². The topological polar surface area (TPSA) is 79.0 Å². The SMILES string of the molecule is CCN(C)C(=O)C1C(c2cccc(NC(=O)c3ccccc3F)c2)OC(=O)N1Cc1cccc(Cl)c1. The summed E-state index contributed by atoms with van der Waals surface area (Å²) in [5.74, 6) is -1.54. The van der Waals surface area contributed by atoms with Gasteiger partial charge in [0.05, 0.1) is 12.1 Å². The number of likely N-dealkylation sites (N-methyl/N-ethyl adjacent to an activating group) is 1. The molecule has 1 N–H and O–H groups in total. The normalized spacial score (nSPS) is 17.0. The maximum Gasteiger partial charge on any atom is 0.411 e. The van der Waals surface area contributed by atoms with Crippen molar-refractivity contribution in [2.75, 3.05) is 18.9 Å². The molecule has 2 unspecified atom stereocenters. The van der Waals surface area contributed by atoms with Gasteiger partial charge in [-0.1, -0.05) is 48.0 Å². The summed E-state index contributed by atoms with van der Waals surface area (Å²) in [5, 5.41) is 3.18. The molecule has 4 rings (SSSR count). The Labute approximate surface area is 213 Å². The Bertz CT molecular complexity index is 1300. The lowest BCUT2D eigenvalue weighted by Gasteiger charge is -2.28. The van der Waals surface area contributed by atoms with Crippen molar-refractivity contribution in [1.29, 1.82) is 0 Å². The zero-order valence-corrected chi connectivity index (χ0v) is 20.5. The lowest BCUT2D eigenvalue weighted by Crippen LogP contribution is -2.46. The lowest BCUT2D eigenvalue weighted by atomic mass is 9.99. The molecule has 0 saturated carbocycles. The number of hydrogen-bond acceptors (Lipinski definition) is 4. The predicted molar refractivity (Wildman–Crippen MR) is 134 cm³/mol. The van der Waals surface area contributed by atoms with Crippen LogP contribution in [0.2, 0.25) is 5.02 Å². The Kier molecular flexibility index (Phi) is 7.55. The van der Waals surface area contributed by atoms with Gasteiger partial charge >= 0.3 is 6.09 Å². The number of ether oxygens (including phenoxy) is 1.